The second kappa shape index (κ2) is 5.71. The van der Waals surface area contributed by atoms with Crippen LogP contribution in [0.4, 0.5) is 0 Å². The van der Waals surface area contributed by atoms with Crippen LogP contribution < -0.4 is 10.6 Å². The fourth-order valence-corrected chi connectivity index (χ4v) is 1.78. The van der Waals surface area contributed by atoms with Gasteiger partial charge in [0.2, 0.25) is 0 Å². The Labute approximate surface area is 110 Å². The second-order valence-corrected chi connectivity index (χ2v) is 4.93. The van der Waals surface area contributed by atoms with Crippen LogP contribution in [0.15, 0.2) is 18.2 Å². The maximum atomic E-state index is 11.7. The van der Waals surface area contributed by atoms with E-state index in [1.807, 2.05) is 0 Å². The molecule has 0 aromatic heterocycles. The zero-order valence-electron chi connectivity index (χ0n) is 9.30. The number of carbonyl (C=O) groups excluding carboxylic acids is 1. The molecular weight excluding hydrogens is 259 g/mol. The van der Waals surface area contributed by atoms with Gasteiger partial charge in [-0.2, -0.15) is 0 Å². The number of benzene rings is 1. The summed E-state index contributed by atoms with van der Waals surface area (Å²) < 4.78 is 0. The molecule has 1 fully saturated rings. The monoisotopic (exact) mass is 272 g/mol. The average Bonchev–Trinajstić information content (AvgIpc) is 3.12. The van der Waals surface area contributed by atoms with Gasteiger partial charge < -0.3 is 10.6 Å². The zero-order chi connectivity index (χ0) is 12.3. The topological polar surface area (TPSA) is 41.1 Å². The van der Waals surface area contributed by atoms with Crippen LogP contribution in [0.2, 0.25) is 10.0 Å². The SMILES string of the molecule is O=C(NCCNC1CC1)c1ccc(Cl)c(Cl)c1. The highest BCUT2D eigenvalue weighted by molar-refractivity contribution is 6.42. The molecule has 17 heavy (non-hydrogen) atoms. The molecular formula is C12H14Cl2N2O. The van der Waals surface area contributed by atoms with Crippen molar-refractivity contribution in [2.45, 2.75) is 18.9 Å². The Balaban J connectivity index is 1.79. The minimum Gasteiger partial charge on any atom is -0.351 e. The van der Waals surface area contributed by atoms with Crippen molar-refractivity contribution in [3.63, 3.8) is 0 Å². The highest BCUT2D eigenvalue weighted by atomic mass is 35.5. The molecule has 1 aromatic rings. The number of nitrogens with one attached hydrogen (secondary N) is 2. The molecule has 0 unspecified atom stereocenters. The molecule has 2 rings (SSSR count). The predicted octanol–water partition coefficient (Wildman–Crippen LogP) is 2.48. The molecule has 0 aliphatic heterocycles. The van der Waals surface area contributed by atoms with E-state index in [0.29, 0.717) is 28.2 Å². The molecule has 1 saturated carbocycles. The van der Waals surface area contributed by atoms with Gasteiger partial charge in [0.15, 0.2) is 0 Å². The van der Waals surface area contributed by atoms with Gasteiger partial charge in [0.1, 0.15) is 0 Å². The van der Waals surface area contributed by atoms with E-state index in [1.165, 1.54) is 12.8 Å². The summed E-state index contributed by atoms with van der Waals surface area (Å²) in [5.41, 5.74) is 0.533. The van der Waals surface area contributed by atoms with Gasteiger partial charge in [0.25, 0.3) is 5.91 Å². The number of halogens is 2. The summed E-state index contributed by atoms with van der Waals surface area (Å²) in [4.78, 5) is 11.7. The number of amides is 1. The molecule has 92 valence electrons. The van der Waals surface area contributed by atoms with E-state index in [4.69, 9.17) is 23.2 Å². The van der Waals surface area contributed by atoms with Gasteiger partial charge in [0.05, 0.1) is 10.0 Å². The quantitative estimate of drug-likeness (QED) is 0.809. The summed E-state index contributed by atoms with van der Waals surface area (Å²) in [7, 11) is 0. The maximum absolute atomic E-state index is 11.7. The summed E-state index contributed by atoms with van der Waals surface area (Å²) >= 11 is 11.6. The van der Waals surface area contributed by atoms with Crippen molar-refractivity contribution in [2.24, 2.45) is 0 Å². The van der Waals surface area contributed by atoms with Gasteiger partial charge in [-0.1, -0.05) is 23.2 Å². The molecule has 1 aliphatic carbocycles. The Hall–Kier alpha value is -0.770. The van der Waals surface area contributed by atoms with E-state index in [-0.39, 0.29) is 5.91 Å². The van der Waals surface area contributed by atoms with Crippen molar-refractivity contribution in [1.82, 2.24) is 10.6 Å². The van der Waals surface area contributed by atoms with Crippen molar-refractivity contribution in [3.05, 3.63) is 33.8 Å². The van der Waals surface area contributed by atoms with Crippen LogP contribution >= 0.6 is 23.2 Å². The van der Waals surface area contributed by atoms with E-state index in [9.17, 15) is 4.79 Å². The third kappa shape index (κ3) is 3.87. The number of hydrogen-bond acceptors (Lipinski definition) is 2. The highest BCUT2D eigenvalue weighted by Crippen LogP contribution is 2.22. The van der Waals surface area contributed by atoms with Crippen LogP contribution in [0.1, 0.15) is 23.2 Å². The highest BCUT2D eigenvalue weighted by Gasteiger charge is 2.19. The number of carbonyl (C=O) groups is 1. The molecule has 2 N–H and O–H groups in total. The first-order valence-corrected chi connectivity index (χ1v) is 6.39. The third-order valence-corrected chi connectivity index (χ3v) is 3.34. The summed E-state index contributed by atoms with van der Waals surface area (Å²) in [6.07, 6.45) is 2.50. The fraction of sp³-hybridized carbons (Fsp3) is 0.417. The lowest BCUT2D eigenvalue weighted by atomic mass is 10.2. The molecule has 1 aliphatic rings. The Morgan fingerprint density at radius 2 is 2.00 bits per heavy atom. The van der Waals surface area contributed by atoms with Crippen LogP contribution in [-0.2, 0) is 0 Å². The van der Waals surface area contributed by atoms with Crippen LogP contribution in [0.5, 0.6) is 0 Å². The Morgan fingerprint density at radius 1 is 1.24 bits per heavy atom. The Morgan fingerprint density at radius 3 is 2.65 bits per heavy atom. The summed E-state index contributed by atoms with van der Waals surface area (Å²) in [5.74, 6) is -0.124. The first kappa shape index (κ1) is 12.7. The van der Waals surface area contributed by atoms with Gasteiger partial charge in [-0.3, -0.25) is 4.79 Å². The zero-order valence-corrected chi connectivity index (χ0v) is 10.8. The minimum atomic E-state index is -0.124. The van der Waals surface area contributed by atoms with Crippen molar-refractivity contribution in [3.8, 4) is 0 Å². The van der Waals surface area contributed by atoms with Gasteiger partial charge in [-0.05, 0) is 31.0 Å². The molecule has 0 atom stereocenters. The molecule has 1 amide bonds. The van der Waals surface area contributed by atoms with E-state index in [1.54, 1.807) is 18.2 Å². The van der Waals surface area contributed by atoms with Crippen LogP contribution in [0.3, 0.4) is 0 Å². The molecule has 0 saturated heterocycles. The Bertz CT molecular complexity index is 419. The third-order valence-electron chi connectivity index (χ3n) is 2.60. The van der Waals surface area contributed by atoms with Crippen molar-refractivity contribution in [1.29, 1.82) is 0 Å². The van der Waals surface area contributed by atoms with E-state index >= 15 is 0 Å². The number of rotatable bonds is 5. The smallest absolute Gasteiger partial charge is 0.251 e. The first-order valence-electron chi connectivity index (χ1n) is 5.63. The Kier molecular flexibility index (Phi) is 4.26. The first-order chi connectivity index (χ1) is 8.16. The molecule has 0 radical (unpaired) electrons. The minimum absolute atomic E-state index is 0.124. The maximum Gasteiger partial charge on any atom is 0.251 e. The molecule has 5 heteroatoms. The van der Waals surface area contributed by atoms with Crippen molar-refractivity contribution >= 4 is 29.1 Å². The van der Waals surface area contributed by atoms with Crippen LogP contribution in [0.25, 0.3) is 0 Å². The standard InChI is InChI=1S/C12H14Cl2N2O/c13-10-4-1-8(7-11(10)14)12(17)16-6-5-15-9-2-3-9/h1,4,7,9,15H,2-3,5-6H2,(H,16,17). The summed E-state index contributed by atoms with van der Waals surface area (Å²) in [6, 6.07) is 5.53. The van der Waals surface area contributed by atoms with Crippen LogP contribution in [-0.4, -0.2) is 25.0 Å². The van der Waals surface area contributed by atoms with Crippen molar-refractivity contribution < 1.29 is 4.79 Å². The normalized spacial score (nSPS) is 14.7. The van der Waals surface area contributed by atoms with E-state index < -0.39 is 0 Å². The lowest BCUT2D eigenvalue weighted by Gasteiger charge is -2.06. The van der Waals surface area contributed by atoms with Gasteiger partial charge >= 0.3 is 0 Å². The van der Waals surface area contributed by atoms with Gasteiger partial charge in [-0.15, -0.1) is 0 Å². The fourth-order valence-electron chi connectivity index (χ4n) is 1.48. The van der Waals surface area contributed by atoms with E-state index in [0.717, 1.165) is 6.54 Å². The summed E-state index contributed by atoms with van der Waals surface area (Å²) in [6.45, 7) is 1.42. The number of hydrogen-bond donors (Lipinski definition) is 2. The largest absolute Gasteiger partial charge is 0.351 e. The van der Waals surface area contributed by atoms with Crippen LogP contribution in [0, 0.1) is 0 Å². The van der Waals surface area contributed by atoms with Gasteiger partial charge in [0, 0.05) is 24.7 Å². The summed E-state index contributed by atoms with van der Waals surface area (Å²) in [5, 5.41) is 7.00. The lowest BCUT2D eigenvalue weighted by Crippen LogP contribution is -2.32. The van der Waals surface area contributed by atoms with Gasteiger partial charge in [-0.25, -0.2) is 0 Å². The molecule has 0 bridgehead atoms. The lowest BCUT2D eigenvalue weighted by molar-refractivity contribution is 0.0954. The second-order valence-electron chi connectivity index (χ2n) is 4.11. The molecule has 3 nitrogen and oxygen atoms in total. The molecule has 0 heterocycles. The molecule has 0 spiro atoms. The predicted molar refractivity (Wildman–Crippen MR) is 69.8 cm³/mol. The average molecular weight is 273 g/mol. The van der Waals surface area contributed by atoms with Crippen molar-refractivity contribution in [2.75, 3.05) is 13.1 Å². The molecule has 1 aromatic carbocycles. The van der Waals surface area contributed by atoms with E-state index in [2.05, 4.69) is 10.6 Å².